The van der Waals surface area contributed by atoms with Crippen molar-refractivity contribution in [2.45, 2.75) is 86.0 Å². The van der Waals surface area contributed by atoms with Crippen LogP contribution in [0.25, 0.3) is 99.8 Å². The van der Waals surface area contributed by atoms with E-state index >= 15 is 0 Å². The molecular formula is C74H67N5O. The fraction of sp³-hybridized carbons (Fsp3) is 0.189. The number of imidazole rings is 1. The summed E-state index contributed by atoms with van der Waals surface area (Å²) in [5, 5.41) is 4.73. The molecule has 0 aliphatic carbocycles. The van der Waals surface area contributed by atoms with Crippen LogP contribution in [0.3, 0.4) is 0 Å². The zero-order valence-corrected chi connectivity index (χ0v) is 47.5. The lowest BCUT2D eigenvalue weighted by Gasteiger charge is -2.27. The van der Waals surface area contributed by atoms with Crippen molar-refractivity contribution < 1.29 is 9.30 Å². The molecule has 0 spiro atoms. The molecule has 4 aromatic heterocycles. The van der Waals surface area contributed by atoms with Gasteiger partial charge in [-0.2, -0.15) is 0 Å². The minimum atomic E-state index is -0.0487. The first-order chi connectivity index (χ1) is 38.5. The molecule has 0 aliphatic rings. The van der Waals surface area contributed by atoms with Crippen LogP contribution in [0.2, 0.25) is 0 Å². The molecule has 0 aliphatic heterocycles. The lowest BCUT2D eigenvalue weighted by molar-refractivity contribution is -0.571. The number of ether oxygens (including phenoxy) is 1. The predicted molar refractivity (Wildman–Crippen MR) is 333 cm³/mol. The summed E-state index contributed by atoms with van der Waals surface area (Å²) in [5.74, 6) is 2.63. The van der Waals surface area contributed by atoms with Gasteiger partial charge in [0.1, 0.15) is 17.3 Å². The minimum Gasteiger partial charge on any atom is -0.458 e. The van der Waals surface area contributed by atoms with Crippen LogP contribution >= 0.6 is 0 Å². The summed E-state index contributed by atoms with van der Waals surface area (Å²) < 4.78 is 16.1. The highest BCUT2D eigenvalue weighted by Gasteiger charge is 2.27. The molecule has 0 amide bonds. The minimum absolute atomic E-state index is 0.0487. The predicted octanol–water partition coefficient (Wildman–Crippen LogP) is 19.2. The first-order valence-electron chi connectivity index (χ1n) is 28.1. The van der Waals surface area contributed by atoms with Crippen molar-refractivity contribution in [1.29, 1.82) is 0 Å². The molecule has 13 aromatic rings. The molecule has 6 heteroatoms. The van der Waals surface area contributed by atoms with Crippen LogP contribution < -0.4 is 9.30 Å². The number of pyridine rings is 1. The van der Waals surface area contributed by atoms with Crippen molar-refractivity contribution in [1.82, 2.24) is 18.7 Å². The number of rotatable bonds is 9. The topological polar surface area (TPSA) is 40.8 Å². The van der Waals surface area contributed by atoms with Crippen molar-refractivity contribution in [2.75, 3.05) is 0 Å². The summed E-state index contributed by atoms with van der Waals surface area (Å²) in [6.07, 6.45) is 5.87. The molecule has 13 rings (SSSR count). The molecule has 0 saturated heterocycles. The van der Waals surface area contributed by atoms with Gasteiger partial charge in [0.25, 0.3) is 6.33 Å². The van der Waals surface area contributed by atoms with E-state index in [0.717, 1.165) is 78.2 Å². The first kappa shape index (κ1) is 50.5. The van der Waals surface area contributed by atoms with Gasteiger partial charge >= 0.3 is 0 Å². The summed E-state index contributed by atoms with van der Waals surface area (Å²) in [6, 6.07) is 76.8. The lowest BCUT2D eigenvalue weighted by atomic mass is 9.78. The van der Waals surface area contributed by atoms with E-state index in [2.05, 4.69) is 300 Å². The fourth-order valence-corrected chi connectivity index (χ4v) is 11.7. The maximum Gasteiger partial charge on any atom is 0.269 e. The monoisotopic (exact) mass is 1040 g/mol. The van der Waals surface area contributed by atoms with Gasteiger partial charge in [0, 0.05) is 39.5 Å². The highest BCUT2D eigenvalue weighted by Crippen LogP contribution is 2.42. The van der Waals surface area contributed by atoms with E-state index in [0.29, 0.717) is 11.7 Å². The van der Waals surface area contributed by atoms with E-state index in [9.17, 15) is 0 Å². The van der Waals surface area contributed by atoms with E-state index in [4.69, 9.17) is 9.72 Å². The van der Waals surface area contributed by atoms with E-state index in [1.807, 2.05) is 12.3 Å². The van der Waals surface area contributed by atoms with Gasteiger partial charge in [-0.1, -0.05) is 203 Å². The van der Waals surface area contributed by atoms with Gasteiger partial charge in [0.2, 0.25) is 0 Å². The Morgan fingerprint density at radius 2 is 1.05 bits per heavy atom. The molecule has 0 fully saturated rings. The summed E-state index contributed by atoms with van der Waals surface area (Å²) in [6.45, 7) is 23.1. The normalized spacial score (nSPS) is 12.8. The molecule has 0 saturated carbocycles. The van der Waals surface area contributed by atoms with Crippen molar-refractivity contribution in [3.05, 3.63) is 242 Å². The molecule has 4 heterocycles. The Kier molecular flexibility index (Phi) is 12.1. The van der Waals surface area contributed by atoms with Crippen molar-refractivity contribution in [3.8, 4) is 56.6 Å². The summed E-state index contributed by atoms with van der Waals surface area (Å²) in [7, 11) is 0. The highest BCUT2D eigenvalue weighted by molar-refractivity contribution is 6.12. The van der Waals surface area contributed by atoms with Crippen LogP contribution in [0, 0.1) is 11.7 Å². The molecule has 394 valence electrons. The van der Waals surface area contributed by atoms with Crippen LogP contribution in [-0.2, 0) is 10.8 Å². The molecule has 80 heavy (non-hydrogen) atoms. The van der Waals surface area contributed by atoms with Crippen LogP contribution in [0.15, 0.2) is 219 Å². The second-order valence-electron chi connectivity index (χ2n) is 24.8. The number of aromatic nitrogens is 5. The third kappa shape index (κ3) is 8.84. The van der Waals surface area contributed by atoms with Crippen LogP contribution in [0.5, 0.6) is 11.5 Å². The van der Waals surface area contributed by atoms with Gasteiger partial charge in [-0.3, -0.25) is 13.7 Å². The standard InChI is InChI=1S/C74H67N5O/c1-48(72(2,3)4)50-38-39-75-70(42-50)79-66-37-34-55(78-64-30-16-14-26-60(64)61-27-15-17-31-65(61)78)45-63(66)62-36-35-57(46-69(62)79)80-56-25-20-24-54(44-56)76-47-77(68-33-19-18-32-67(68)76)71-58(49-22-12-11-13-23-49)28-21-29-59(71)51-40-52(73(5,6)7)43-53(41-51)74(8,9)10/h11-46,48H,1-10H3. The zero-order valence-electron chi connectivity index (χ0n) is 47.5. The maximum atomic E-state index is 6.98. The Labute approximate surface area is 469 Å². The quantitative estimate of drug-likeness (QED) is 0.107. The molecule has 0 bridgehead atoms. The van der Waals surface area contributed by atoms with Crippen LogP contribution in [0.4, 0.5) is 0 Å². The number of nitrogens with zero attached hydrogens (tertiary/aromatic N) is 5. The van der Waals surface area contributed by atoms with Gasteiger partial charge in [0.05, 0.1) is 44.5 Å². The molecular weight excluding hydrogens is 975 g/mol. The molecule has 0 N–H and O–H groups in total. The lowest BCUT2D eigenvalue weighted by Crippen LogP contribution is -2.31. The van der Waals surface area contributed by atoms with E-state index in [1.54, 1.807) is 0 Å². The average Bonchev–Trinajstić information content (AvgIpc) is 4.12. The SMILES string of the molecule is CC(c1ccnc(-n2c3ccc(-n4c5ccccc5c5ccccc54)cc3c3ccc(Oc4cccc(-n5[c-][n+](-c6c(-c7ccccc7)cccc6-c6cc(C(C)(C)C)cc(C(C)(C)C)c6)c6ccccc65)c4)cc32)c1)C(C)(C)C. The largest absolute Gasteiger partial charge is 0.458 e. The Hall–Kier alpha value is -9.00. The molecule has 6 nitrogen and oxygen atoms in total. The van der Waals surface area contributed by atoms with Gasteiger partial charge in [-0.05, 0) is 134 Å². The summed E-state index contributed by atoms with van der Waals surface area (Å²) in [4.78, 5) is 5.09. The van der Waals surface area contributed by atoms with Gasteiger partial charge in [0.15, 0.2) is 0 Å². The van der Waals surface area contributed by atoms with Crippen molar-refractivity contribution in [3.63, 3.8) is 0 Å². The van der Waals surface area contributed by atoms with E-state index in [1.165, 1.54) is 44.1 Å². The number of hydrogen-bond donors (Lipinski definition) is 0. The molecule has 1 atom stereocenters. The Morgan fingerprint density at radius 1 is 0.450 bits per heavy atom. The molecule has 0 radical (unpaired) electrons. The Morgan fingerprint density at radius 3 is 1.74 bits per heavy atom. The smallest absolute Gasteiger partial charge is 0.269 e. The number of hydrogen-bond acceptors (Lipinski definition) is 2. The number of fused-ring (bicyclic) bond motifs is 7. The van der Waals surface area contributed by atoms with Gasteiger partial charge in [-0.15, -0.1) is 0 Å². The Bertz CT molecular complexity index is 4440. The van der Waals surface area contributed by atoms with Crippen LogP contribution in [-0.4, -0.2) is 18.7 Å². The zero-order chi connectivity index (χ0) is 55.2. The van der Waals surface area contributed by atoms with E-state index < -0.39 is 0 Å². The maximum absolute atomic E-state index is 6.98. The van der Waals surface area contributed by atoms with Gasteiger partial charge in [-0.25, -0.2) is 4.98 Å². The number of para-hydroxylation sites is 5. The van der Waals surface area contributed by atoms with Crippen LogP contribution in [0.1, 0.15) is 91.8 Å². The highest BCUT2D eigenvalue weighted by atomic mass is 16.5. The summed E-state index contributed by atoms with van der Waals surface area (Å²) >= 11 is 0. The number of benzene rings is 9. The third-order valence-electron chi connectivity index (χ3n) is 16.6. The fourth-order valence-electron chi connectivity index (χ4n) is 11.7. The third-order valence-corrected chi connectivity index (χ3v) is 16.6. The summed E-state index contributed by atoms with van der Waals surface area (Å²) in [5.41, 5.74) is 18.1. The van der Waals surface area contributed by atoms with Crippen molar-refractivity contribution >= 4 is 54.6 Å². The second-order valence-corrected chi connectivity index (χ2v) is 24.8. The Balaban J connectivity index is 0.945. The van der Waals surface area contributed by atoms with Gasteiger partial charge < -0.3 is 9.30 Å². The van der Waals surface area contributed by atoms with Crippen molar-refractivity contribution in [2.24, 2.45) is 5.41 Å². The molecule has 9 aromatic carbocycles. The molecule has 1 unspecified atom stereocenters. The van der Waals surface area contributed by atoms with E-state index in [-0.39, 0.29) is 16.2 Å². The first-order valence-corrected chi connectivity index (χ1v) is 28.1. The second kappa shape index (κ2) is 19.1. The average molecular weight is 1040 g/mol.